The molecule has 2 aliphatic heterocycles. The first kappa shape index (κ1) is 23.7. The Bertz CT molecular complexity index is 1080. The number of amides is 1. The number of fused-ring (bicyclic) bond motifs is 2. The van der Waals surface area contributed by atoms with Crippen LogP contribution in [0.2, 0.25) is 0 Å². The SMILES string of the molecule is CCN(CC)c1ccc([C@@H]2[C@H]3CCCC[C@@]3(O)CCN2C(=O)/C=C/c2ccc3c(c2)OCO3)cc1. The Kier molecular flexibility index (Phi) is 6.74. The van der Waals surface area contributed by atoms with E-state index in [-0.39, 0.29) is 24.7 Å². The third kappa shape index (κ3) is 4.64. The van der Waals surface area contributed by atoms with Crippen LogP contribution >= 0.6 is 0 Å². The number of rotatable bonds is 6. The maximum Gasteiger partial charge on any atom is 0.247 e. The minimum absolute atomic E-state index is 0.0203. The Balaban J connectivity index is 1.42. The molecule has 2 heterocycles. The van der Waals surface area contributed by atoms with Gasteiger partial charge in [-0.05, 0) is 74.6 Å². The normalized spacial score (nSPS) is 25.5. The van der Waals surface area contributed by atoms with Crippen molar-refractivity contribution in [2.75, 3.05) is 31.3 Å². The second-order valence-corrected chi connectivity index (χ2v) is 9.89. The maximum absolute atomic E-state index is 13.5. The number of piperidine rings is 1. The molecule has 35 heavy (non-hydrogen) atoms. The highest BCUT2D eigenvalue weighted by atomic mass is 16.7. The number of carbonyl (C=O) groups is 1. The van der Waals surface area contributed by atoms with E-state index in [9.17, 15) is 9.90 Å². The average molecular weight is 477 g/mol. The number of likely N-dealkylation sites (tertiary alicyclic amines) is 1. The molecule has 0 bridgehead atoms. The van der Waals surface area contributed by atoms with Crippen molar-refractivity contribution < 1.29 is 19.4 Å². The van der Waals surface area contributed by atoms with Gasteiger partial charge in [0.15, 0.2) is 11.5 Å². The van der Waals surface area contributed by atoms with Gasteiger partial charge in [0.05, 0.1) is 11.6 Å². The molecule has 2 aromatic carbocycles. The molecule has 1 N–H and O–H groups in total. The monoisotopic (exact) mass is 476 g/mol. The molecule has 1 saturated carbocycles. The quantitative estimate of drug-likeness (QED) is 0.583. The Morgan fingerprint density at radius 3 is 2.63 bits per heavy atom. The van der Waals surface area contributed by atoms with Gasteiger partial charge in [-0.15, -0.1) is 0 Å². The van der Waals surface area contributed by atoms with E-state index in [2.05, 4.69) is 43.0 Å². The molecule has 0 aromatic heterocycles. The van der Waals surface area contributed by atoms with E-state index in [1.165, 1.54) is 5.69 Å². The number of carbonyl (C=O) groups excluding carboxylic acids is 1. The average Bonchev–Trinajstić information content (AvgIpc) is 3.35. The summed E-state index contributed by atoms with van der Waals surface area (Å²) >= 11 is 0. The Morgan fingerprint density at radius 1 is 1.09 bits per heavy atom. The van der Waals surface area contributed by atoms with E-state index in [0.29, 0.717) is 18.7 Å². The standard InChI is InChI=1S/C29H36N2O4/c1-3-30(4-2)23-12-10-22(11-13-23)28-24-7-5-6-16-29(24,33)17-18-31(28)27(32)15-9-21-8-14-25-26(19-21)35-20-34-25/h8-15,19,24,28,33H,3-7,16-18,20H2,1-2H3/b15-9+/t24-,28-,29-/m1/s1. The molecule has 1 aliphatic carbocycles. The van der Waals surface area contributed by atoms with Crippen LogP contribution in [-0.4, -0.2) is 47.9 Å². The van der Waals surface area contributed by atoms with Crippen molar-refractivity contribution in [2.24, 2.45) is 5.92 Å². The van der Waals surface area contributed by atoms with Gasteiger partial charge in [0.1, 0.15) is 0 Å². The minimum Gasteiger partial charge on any atom is -0.454 e. The van der Waals surface area contributed by atoms with Crippen LogP contribution in [0.15, 0.2) is 48.5 Å². The van der Waals surface area contributed by atoms with Gasteiger partial charge in [-0.25, -0.2) is 0 Å². The lowest BCUT2D eigenvalue weighted by Gasteiger charge is -2.52. The first-order valence-corrected chi connectivity index (χ1v) is 13.0. The van der Waals surface area contributed by atoms with Crippen molar-refractivity contribution in [3.05, 3.63) is 59.7 Å². The number of anilines is 1. The molecule has 186 valence electrons. The lowest BCUT2D eigenvalue weighted by molar-refractivity contribution is -0.150. The molecule has 1 amide bonds. The van der Waals surface area contributed by atoms with Gasteiger partial charge >= 0.3 is 0 Å². The molecule has 0 radical (unpaired) electrons. The predicted octanol–water partition coefficient (Wildman–Crippen LogP) is 5.17. The van der Waals surface area contributed by atoms with Crippen molar-refractivity contribution in [3.63, 3.8) is 0 Å². The fourth-order valence-corrected chi connectivity index (χ4v) is 6.09. The molecule has 1 saturated heterocycles. The van der Waals surface area contributed by atoms with Gasteiger partial charge in [0, 0.05) is 37.3 Å². The first-order chi connectivity index (χ1) is 17.0. The summed E-state index contributed by atoms with van der Waals surface area (Å²) in [6.45, 7) is 7.02. The lowest BCUT2D eigenvalue weighted by Crippen LogP contribution is -2.56. The van der Waals surface area contributed by atoms with Crippen LogP contribution in [0.1, 0.15) is 63.1 Å². The van der Waals surface area contributed by atoms with E-state index in [4.69, 9.17) is 9.47 Å². The van der Waals surface area contributed by atoms with Crippen molar-refractivity contribution >= 4 is 17.7 Å². The van der Waals surface area contributed by atoms with E-state index in [0.717, 1.165) is 55.6 Å². The highest BCUT2D eigenvalue weighted by molar-refractivity contribution is 5.92. The largest absolute Gasteiger partial charge is 0.454 e. The molecule has 6 heteroatoms. The number of ether oxygens (including phenoxy) is 2. The molecular formula is C29H36N2O4. The smallest absolute Gasteiger partial charge is 0.247 e. The van der Waals surface area contributed by atoms with Gasteiger partial charge in [-0.2, -0.15) is 0 Å². The second kappa shape index (κ2) is 9.94. The van der Waals surface area contributed by atoms with Crippen LogP contribution in [-0.2, 0) is 4.79 Å². The maximum atomic E-state index is 13.5. The minimum atomic E-state index is -0.696. The van der Waals surface area contributed by atoms with Crippen molar-refractivity contribution in [3.8, 4) is 11.5 Å². The summed E-state index contributed by atoms with van der Waals surface area (Å²) in [5.41, 5.74) is 2.50. The molecule has 6 nitrogen and oxygen atoms in total. The number of nitrogens with zero attached hydrogens (tertiary/aromatic N) is 2. The summed E-state index contributed by atoms with van der Waals surface area (Å²) in [5, 5.41) is 11.5. The van der Waals surface area contributed by atoms with Crippen LogP contribution in [0.25, 0.3) is 6.08 Å². The van der Waals surface area contributed by atoms with E-state index >= 15 is 0 Å². The zero-order valence-corrected chi connectivity index (χ0v) is 20.8. The first-order valence-electron chi connectivity index (χ1n) is 13.0. The molecule has 0 spiro atoms. The van der Waals surface area contributed by atoms with Crippen LogP contribution in [0, 0.1) is 5.92 Å². The summed E-state index contributed by atoms with van der Waals surface area (Å²) in [6, 6.07) is 14.2. The van der Waals surface area contributed by atoms with Crippen LogP contribution in [0.3, 0.4) is 0 Å². The Hall–Kier alpha value is -2.99. The third-order valence-corrected chi connectivity index (χ3v) is 8.03. The lowest BCUT2D eigenvalue weighted by atomic mass is 9.66. The van der Waals surface area contributed by atoms with Gasteiger partial charge in [0.25, 0.3) is 0 Å². The van der Waals surface area contributed by atoms with E-state index < -0.39 is 5.60 Å². The summed E-state index contributed by atoms with van der Waals surface area (Å²) in [6.07, 6.45) is 8.04. The molecule has 5 rings (SSSR count). The van der Waals surface area contributed by atoms with Crippen molar-refractivity contribution in [1.82, 2.24) is 4.90 Å². The van der Waals surface area contributed by atoms with Crippen molar-refractivity contribution in [1.29, 1.82) is 0 Å². The predicted molar refractivity (Wildman–Crippen MR) is 138 cm³/mol. The topological polar surface area (TPSA) is 62.2 Å². The molecule has 2 fully saturated rings. The summed E-state index contributed by atoms with van der Waals surface area (Å²) in [5.74, 6) is 1.46. The van der Waals surface area contributed by atoms with Gasteiger partial charge in [0.2, 0.25) is 12.7 Å². The van der Waals surface area contributed by atoms with Gasteiger partial charge in [-0.1, -0.05) is 31.0 Å². The fraction of sp³-hybridized carbons (Fsp3) is 0.483. The number of hydrogen-bond acceptors (Lipinski definition) is 5. The Morgan fingerprint density at radius 2 is 1.86 bits per heavy atom. The third-order valence-electron chi connectivity index (χ3n) is 8.03. The highest BCUT2D eigenvalue weighted by Gasteiger charge is 2.49. The summed E-state index contributed by atoms with van der Waals surface area (Å²) in [4.78, 5) is 17.8. The number of benzene rings is 2. The van der Waals surface area contributed by atoms with Crippen LogP contribution in [0.4, 0.5) is 5.69 Å². The van der Waals surface area contributed by atoms with Crippen LogP contribution in [0.5, 0.6) is 11.5 Å². The fourth-order valence-electron chi connectivity index (χ4n) is 6.09. The van der Waals surface area contributed by atoms with Gasteiger partial charge in [-0.3, -0.25) is 4.79 Å². The van der Waals surface area contributed by atoms with Crippen LogP contribution < -0.4 is 14.4 Å². The highest BCUT2D eigenvalue weighted by Crippen LogP contribution is 2.49. The number of aliphatic hydroxyl groups is 1. The zero-order valence-electron chi connectivity index (χ0n) is 20.8. The second-order valence-electron chi connectivity index (χ2n) is 9.89. The van der Waals surface area contributed by atoms with E-state index in [1.54, 1.807) is 6.08 Å². The molecule has 3 aliphatic rings. The van der Waals surface area contributed by atoms with E-state index in [1.807, 2.05) is 29.2 Å². The zero-order chi connectivity index (χ0) is 24.4. The summed E-state index contributed by atoms with van der Waals surface area (Å²) in [7, 11) is 0. The van der Waals surface area contributed by atoms with Gasteiger partial charge < -0.3 is 24.4 Å². The molecular weight excluding hydrogens is 440 g/mol. The molecule has 2 aromatic rings. The molecule has 0 unspecified atom stereocenters. The molecule has 3 atom stereocenters. The summed E-state index contributed by atoms with van der Waals surface area (Å²) < 4.78 is 10.9. The Labute approximate surface area is 208 Å². The van der Waals surface area contributed by atoms with Crippen molar-refractivity contribution in [2.45, 2.75) is 57.6 Å². The number of hydrogen-bond donors (Lipinski definition) is 1.